The lowest BCUT2D eigenvalue weighted by molar-refractivity contribution is 0.557. The average molecular weight is 294 g/mol. The molecule has 1 aromatic carbocycles. The van der Waals surface area contributed by atoms with Gasteiger partial charge in [-0.2, -0.15) is 0 Å². The third kappa shape index (κ3) is 4.59. The van der Waals surface area contributed by atoms with Crippen LogP contribution in [0.1, 0.15) is 19.8 Å². The minimum absolute atomic E-state index is 0.439. The number of rotatable bonds is 6. The second-order valence-corrected chi connectivity index (χ2v) is 6.25. The van der Waals surface area contributed by atoms with Gasteiger partial charge in [0, 0.05) is 11.8 Å². The van der Waals surface area contributed by atoms with Crippen molar-refractivity contribution in [3.8, 4) is 0 Å². The molecule has 1 aromatic rings. The van der Waals surface area contributed by atoms with E-state index in [-0.39, 0.29) is 0 Å². The summed E-state index contributed by atoms with van der Waals surface area (Å²) in [6.45, 7) is 2.10. The van der Waals surface area contributed by atoms with Crippen LogP contribution in [0.15, 0.2) is 23.1 Å². The molecule has 96 valence electrons. The predicted octanol–water partition coefficient (Wildman–Crippen LogP) is 3.49. The largest absolute Gasteiger partial charge is 0.317 e. The Bertz CT molecular complexity index is 378. The number of benzene rings is 1. The monoisotopic (exact) mass is 293 g/mol. The Labute approximate surface area is 115 Å². The summed E-state index contributed by atoms with van der Waals surface area (Å²) in [5, 5.41) is 4.12. The Morgan fingerprint density at radius 2 is 1.94 bits per heavy atom. The molecule has 0 amide bonds. The third-order valence-electron chi connectivity index (χ3n) is 2.61. The summed E-state index contributed by atoms with van der Waals surface area (Å²) >= 11 is 12.0. The maximum atomic E-state index is 12.1. The van der Waals surface area contributed by atoms with Gasteiger partial charge < -0.3 is 5.32 Å². The second-order valence-electron chi connectivity index (χ2n) is 3.93. The Morgan fingerprint density at radius 1 is 1.35 bits per heavy atom. The van der Waals surface area contributed by atoms with Crippen LogP contribution in [0.3, 0.4) is 0 Å². The first-order chi connectivity index (χ1) is 8.06. The molecule has 0 saturated heterocycles. The Kier molecular flexibility index (Phi) is 6.49. The van der Waals surface area contributed by atoms with E-state index in [0.717, 1.165) is 12.8 Å². The van der Waals surface area contributed by atoms with Crippen LogP contribution < -0.4 is 5.32 Å². The first-order valence-corrected chi connectivity index (χ1v) is 7.63. The van der Waals surface area contributed by atoms with E-state index in [2.05, 4.69) is 12.2 Å². The molecule has 2 nitrogen and oxygen atoms in total. The van der Waals surface area contributed by atoms with Crippen LogP contribution in [-0.2, 0) is 10.8 Å². The lowest BCUT2D eigenvalue weighted by atomic mass is 10.2. The van der Waals surface area contributed by atoms with Gasteiger partial charge in [-0.15, -0.1) is 0 Å². The van der Waals surface area contributed by atoms with Gasteiger partial charge in [-0.3, -0.25) is 4.21 Å². The smallest absolute Gasteiger partial charge is 0.0760 e. The highest BCUT2D eigenvalue weighted by atomic mass is 35.5. The Hall–Kier alpha value is -0.0900. The van der Waals surface area contributed by atoms with E-state index >= 15 is 0 Å². The molecule has 0 spiro atoms. The molecule has 0 bridgehead atoms. The summed E-state index contributed by atoms with van der Waals surface area (Å²) in [4.78, 5) is 0.563. The number of hydrogen-bond donors (Lipinski definition) is 1. The van der Waals surface area contributed by atoms with Crippen LogP contribution >= 0.6 is 23.2 Å². The van der Waals surface area contributed by atoms with Gasteiger partial charge in [0.15, 0.2) is 0 Å². The van der Waals surface area contributed by atoms with Gasteiger partial charge in [-0.05, 0) is 38.9 Å². The maximum Gasteiger partial charge on any atom is 0.0760 e. The fourth-order valence-electron chi connectivity index (χ4n) is 1.47. The van der Waals surface area contributed by atoms with E-state index in [1.54, 1.807) is 18.2 Å². The summed E-state index contributed by atoms with van der Waals surface area (Å²) in [6.07, 6.45) is 1.88. The lowest BCUT2D eigenvalue weighted by Crippen LogP contribution is -2.21. The topological polar surface area (TPSA) is 29.1 Å². The zero-order valence-corrected chi connectivity index (χ0v) is 12.3. The lowest BCUT2D eigenvalue weighted by Gasteiger charge is -2.10. The van der Waals surface area contributed by atoms with Crippen LogP contribution in [0.4, 0.5) is 0 Å². The fraction of sp³-hybridized carbons (Fsp3) is 0.500. The first-order valence-electron chi connectivity index (χ1n) is 5.56. The molecule has 0 saturated carbocycles. The van der Waals surface area contributed by atoms with Crippen molar-refractivity contribution in [1.29, 1.82) is 0 Å². The quantitative estimate of drug-likeness (QED) is 0.870. The van der Waals surface area contributed by atoms with E-state index < -0.39 is 10.8 Å². The van der Waals surface area contributed by atoms with Gasteiger partial charge in [-0.1, -0.05) is 29.3 Å². The Morgan fingerprint density at radius 3 is 2.47 bits per heavy atom. The predicted molar refractivity (Wildman–Crippen MR) is 75.5 cm³/mol. The number of nitrogens with one attached hydrogen (secondary N) is 1. The summed E-state index contributed by atoms with van der Waals surface area (Å²) < 4.78 is 12.1. The van der Waals surface area contributed by atoms with Crippen molar-refractivity contribution in [3.63, 3.8) is 0 Å². The summed E-state index contributed by atoms with van der Waals surface area (Å²) in [5.41, 5.74) is 0. The van der Waals surface area contributed by atoms with E-state index in [4.69, 9.17) is 23.2 Å². The van der Waals surface area contributed by atoms with Crippen molar-refractivity contribution >= 4 is 34.0 Å². The van der Waals surface area contributed by atoms with Crippen LogP contribution in [-0.4, -0.2) is 23.1 Å². The molecule has 1 rings (SSSR count). The summed E-state index contributed by atoms with van der Waals surface area (Å²) in [5.74, 6) is 0.593. The van der Waals surface area contributed by atoms with E-state index in [1.807, 2.05) is 7.05 Å². The van der Waals surface area contributed by atoms with Crippen molar-refractivity contribution in [3.05, 3.63) is 28.2 Å². The highest BCUT2D eigenvalue weighted by Crippen LogP contribution is 2.28. The minimum atomic E-state index is -1.12. The molecule has 5 heteroatoms. The standard InChI is InChI=1S/C12H17Cl2NOS/c1-9(15-2)5-4-8-17(16)12-10(13)6-3-7-11(12)14/h3,6-7,9,15H,4-5,8H2,1-2H3. The van der Waals surface area contributed by atoms with E-state index in [0.29, 0.717) is 26.7 Å². The molecule has 0 radical (unpaired) electrons. The van der Waals surface area contributed by atoms with Crippen molar-refractivity contribution in [2.75, 3.05) is 12.8 Å². The van der Waals surface area contributed by atoms with Gasteiger partial charge >= 0.3 is 0 Å². The molecule has 17 heavy (non-hydrogen) atoms. The molecule has 0 heterocycles. The van der Waals surface area contributed by atoms with Crippen LogP contribution in [0, 0.1) is 0 Å². The van der Waals surface area contributed by atoms with Crippen molar-refractivity contribution in [2.24, 2.45) is 0 Å². The molecule has 1 N–H and O–H groups in total. The average Bonchev–Trinajstić information content (AvgIpc) is 2.28. The fourth-order valence-corrected chi connectivity index (χ4v) is 3.58. The number of hydrogen-bond acceptors (Lipinski definition) is 2. The van der Waals surface area contributed by atoms with E-state index in [1.165, 1.54) is 0 Å². The molecule has 2 unspecified atom stereocenters. The molecular formula is C12H17Cl2NOS. The molecule has 0 aliphatic heterocycles. The van der Waals surface area contributed by atoms with Gasteiger partial charge in [0.25, 0.3) is 0 Å². The van der Waals surface area contributed by atoms with Gasteiger partial charge in [-0.25, -0.2) is 0 Å². The van der Waals surface area contributed by atoms with Gasteiger partial charge in [0.05, 0.1) is 25.7 Å². The highest BCUT2D eigenvalue weighted by Gasteiger charge is 2.12. The second kappa shape index (κ2) is 7.37. The van der Waals surface area contributed by atoms with Gasteiger partial charge in [0.2, 0.25) is 0 Å². The third-order valence-corrected chi connectivity index (χ3v) is 5.01. The normalized spacial score (nSPS) is 14.6. The molecule has 0 aliphatic rings. The first kappa shape index (κ1) is 15.0. The van der Waals surface area contributed by atoms with Crippen LogP contribution in [0.2, 0.25) is 10.0 Å². The zero-order valence-electron chi connectivity index (χ0n) is 10.0. The molecule has 2 atom stereocenters. The molecular weight excluding hydrogens is 277 g/mol. The molecule has 0 aromatic heterocycles. The highest BCUT2D eigenvalue weighted by molar-refractivity contribution is 7.85. The minimum Gasteiger partial charge on any atom is -0.317 e. The SMILES string of the molecule is CNC(C)CCCS(=O)c1c(Cl)cccc1Cl. The maximum absolute atomic E-state index is 12.1. The molecule has 0 aliphatic carbocycles. The van der Waals surface area contributed by atoms with E-state index in [9.17, 15) is 4.21 Å². The van der Waals surface area contributed by atoms with Crippen molar-refractivity contribution in [1.82, 2.24) is 5.32 Å². The number of halogens is 2. The Balaban J connectivity index is 2.59. The van der Waals surface area contributed by atoms with Crippen LogP contribution in [0.5, 0.6) is 0 Å². The van der Waals surface area contributed by atoms with Crippen molar-refractivity contribution < 1.29 is 4.21 Å². The molecule has 0 fully saturated rings. The summed E-state index contributed by atoms with van der Waals surface area (Å²) in [7, 11) is 0.807. The van der Waals surface area contributed by atoms with Crippen LogP contribution in [0.25, 0.3) is 0 Å². The van der Waals surface area contributed by atoms with Gasteiger partial charge in [0.1, 0.15) is 0 Å². The van der Waals surface area contributed by atoms with Crippen molar-refractivity contribution in [2.45, 2.75) is 30.7 Å². The zero-order chi connectivity index (χ0) is 12.8. The summed E-state index contributed by atoms with van der Waals surface area (Å²) in [6, 6.07) is 5.64.